The first-order chi connectivity index (χ1) is 19.7. The molecule has 4 rings (SSSR count). The van der Waals surface area contributed by atoms with Gasteiger partial charge in [-0.25, -0.2) is 0 Å². The lowest BCUT2D eigenvalue weighted by Gasteiger charge is -2.15. The number of imide groups is 1. The number of nitrogens with one attached hydrogen (secondary N) is 1. The largest absolute Gasteiger partial charge is 0.494 e. The van der Waals surface area contributed by atoms with Crippen molar-refractivity contribution in [3.8, 4) is 17.2 Å². The number of amides is 3. The number of rotatable bonds is 11. The van der Waals surface area contributed by atoms with Gasteiger partial charge >= 0.3 is 0 Å². The molecule has 0 saturated carbocycles. The van der Waals surface area contributed by atoms with Crippen LogP contribution >= 0.6 is 50.9 Å². The van der Waals surface area contributed by atoms with Crippen molar-refractivity contribution in [3.63, 3.8) is 0 Å². The van der Waals surface area contributed by atoms with Crippen LogP contribution in [0.1, 0.15) is 25.0 Å². The minimum atomic E-state index is -0.561. The fraction of sp³-hybridized carbons (Fsp3) is 0.207. The number of anilines is 1. The molecule has 41 heavy (non-hydrogen) atoms. The predicted molar refractivity (Wildman–Crippen MR) is 165 cm³/mol. The van der Waals surface area contributed by atoms with Crippen molar-refractivity contribution in [2.75, 3.05) is 25.1 Å². The second-order valence-corrected chi connectivity index (χ2v) is 11.3. The molecule has 1 aliphatic rings. The third-order valence-electron chi connectivity index (χ3n) is 5.64. The Morgan fingerprint density at radius 1 is 1.00 bits per heavy atom. The number of halogens is 3. The van der Waals surface area contributed by atoms with Gasteiger partial charge in [0.05, 0.1) is 22.6 Å². The molecule has 0 aliphatic carbocycles. The van der Waals surface area contributed by atoms with Crippen molar-refractivity contribution in [3.05, 3.63) is 85.1 Å². The van der Waals surface area contributed by atoms with Crippen molar-refractivity contribution >= 4 is 79.7 Å². The van der Waals surface area contributed by atoms with Gasteiger partial charge < -0.3 is 19.5 Å². The third-order valence-corrected chi connectivity index (χ3v) is 7.72. The summed E-state index contributed by atoms with van der Waals surface area (Å²) in [6.07, 6.45) is 1.57. The molecule has 1 saturated heterocycles. The summed E-state index contributed by atoms with van der Waals surface area (Å²) in [4.78, 5) is 39.3. The maximum atomic E-state index is 13.0. The first kappa shape index (κ1) is 30.8. The molecular formula is C29H25BrCl2N2O6S. The zero-order valence-corrected chi connectivity index (χ0v) is 26.0. The molecule has 3 aromatic rings. The second kappa shape index (κ2) is 14.1. The number of hydrogen-bond donors (Lipinski definition) is 1. The van der Waals surface area contributed by atoms with E-state index in [0.29, 0.717) is 56.2 Å². The Morgan fingerprint density at radius 3 is 2.41 bits per heavy atom. The van der Waals surface area contributed by atoms with E-state index in [0.717, 1.165) is 22.2 Å². The monoisotopic (exact) mass is 678 g/mol. The minimum absolute atomic E-state index is 0.172. The van der Waals surface area contributed by atoms with Crippen LogP contribution in [0.3, 0.4) is 0 Å². The van der Waals surface area contributed by atoms with Crippen LogP contribution in [0.5, 0.6) is 17.2 Å². The second-order valence-electron chi connectivity index (χ2n) is 8.56. The van der Waals surface area contributed by atoms with Crippen molar-refractivity contribution in [2.45, 2.75) is 20.5 Å². The van der Waals surface area contributed by atoms with Gasteiger partial charge in [0.1, 0.15) is 18.9 Å². The van der Waals surface area contributed by atoms with E-state index in [-0.39, 0.29) is 11.5 Å². The number of hydrogen-bond acceptors (Lipinski definition) is 7. The fourth-order valence-electron chi connectivity index (χ4n) is 3.80. The van der Waals surface area contributed by atoms with Crippen molar-refractivity contribution < 1.29 is 28.6 Å². The molecule has 3 aromatic carbocycles. The maximum Gasteiger partial charge on any atom is 0.294 e. The maximum absolute atomic E-state index is 13.0. The molecule has 0 atom stereocenters. The van der Waals surface area contributed by atoms with Gasteiger partial charge in [0, 0.05) is 21.3 Å². The number of thioether (sulfide) groups is 1. The zero-order chi connectivity index (χ0) is 29.5. The van der Waals surface area contributed by atoms with Crippen LogP contribution in [0.2, 0.25) is 10.0 Å². The number of carbonyl (C=O) groups excluding carboxylic acids is 3. The Balaban J connectivity index is 1.46. The molecular weight excluding hydrogens is 655 g/mol. The Morgan fingerprint density at radius 2 is 1.73 bits per heavy atom. The van der Waals surface area contributed by atoms with Crippen molar-refractivity contribution in [2.24, 2.45) is 0 Å². The van der Waals surface area contributed by atoms with Crippen molar-refractivity contribution in [1.82, 2.24) is 4.90 Å². The number of nitrogens with zero attached hydrogens (tertiary/aromatic N) is 1. The van der Waals surface area contributed by atoms with Gasteiger partial charge in [-0.05, 0) is 102 Å². The third kappa shape index (κ3) is 7.97. The van der Waals surface area contributed by atoms with E-state index < -0.39 is 23.6 Å². The van der Waals surface area contributed by atoms with Gasteiger partial charge in [-0.2, -0.15) is 0 Å². The fourth-order valence-corrected chi connectivity index (χ4v) is 5.67. The summed E-state index contributed by atoms with van der Waals surface area (Å²) in [5.74, 6) is 0.502. The van der Waals surface area contributed by atoms with Crippen LogP contribution in [0.15, 0.2) is 64.0 Å². The number of carbonyl (C=O) groups is 3. The van der Waals surface area contributed by atoms with Crippen LogP contribution in [-0.2, 0) is 16.2 Å². The molecule has 1 fully saturated rings. The molecule has 0 aromatic heterocycles. The molecule has 0 spiro atoms. The van der Waals surface area contributed by atoms with Gasteiger partial charge in [0.15, 0.2) is 11.5 Å². The van der Waals surface area contributed by atoms with E-state index in [1.54, 1.807) is 60.7 Å². The highest BCUT2D eigenvalue weighted by molar-refractivity contribution is 9.10. The summed E-state index contributed by atoms with van der Waals surface area (Å²) in [5.41, 5.74) is 1.87. The lowest BCUT2D eigenvalue weighted by atomic mass is 10.1. The Bertz CT molecular complexity index is 1500. The standard InChI is InChI=1S/C29H25BrCl2N2O6S/c1-3-38-21-9-7-20(8-10-21)33-26(35)15-34-28(36)25(41-29(34)37)13-17-11-22(30)27(24(12-17)39-4-2)40-16-18-5-6-19(31)14-23(18)32/h5-14H,3-4,15-16H2,1-2H3,(H,33,35)/b25-13+. The predicted octanol–water partition coefficient (Wildman–Crippen LogP) is 7.81. The molecule has 0 unspecified atom stereocenters. The SMILES string of the molecule is CCOc1ccc(NC(=O)CN2C(=O)S/C(=C/c3cc(Br)c(OCc4ccc(Cl)cc4Cl)c(OCC)c3)C2=O)cc1. The molecule has 8 nitrogen and oxygen atoms in total. The van der Waals surface area contributed by atoms with E-state index in [2.05, 4.69) is 21.2 Å². The Labute approximate surface area is 260 Å². The smallest absolute Gasteiger partial charge is 0.294 e. The average molecular weight is 680 g/mol. The summed E-state index contributed by atoms with van der Waals surface area (Å²) < 4.78 is 17.8. The molecule has 3 amide bonds. The van der Waals surface area contributed by atoms with E-state index in [1.807, 2.05) is 13.8 Å². The van der Waals surface area contributed by atoms with Gasteiger partial charge in [-0.1, -0.05) is 29.3 Å². The van der Waals surface area contributed by atoms with Crippen molar-refractivity contribution in [1.29, 1.82) is 0 Å². The van der Waals surface area contributed by atoms with Gasteiger partial charge in [0.25, 0.3) is 11.1 Å². The average Bonchev–Trinajstić information content (AvgIpc) is 3.17. The minimum Gasteiger partial charge on any atom is -0.494 e. The lowest BCUT2D eigenvalue weighted by molar-refractivity contribution is -0.127. The molecule has 1 N–H and O–H groups in total. The Hall–Kier alpha value is -3.18. The van der Waals surface area contributed by atoms with Crippen LogP contribution in [0.25, 0.3) is 6.08 Å². The van der Waals surface area contributed by atoms with Crippen LogP contribution in [0.4, 0.5) is 10.5 Å². The normalized spacial score (nSPS) is 14.0. The van der Waals surface area contributed by atoms with Crippen LogP contribution in [-0.4, -0.2) is 41.7 Å². The lowest BCUT2D eigenvalue weighted by Crippen LogP contribution is -2.36. The summed E-state index contributed by atoms with van der Waals surface area (Å²) in [7, 11) is 0. The highest BCUT2D eigenvalue weighted by atomic mass is 79.9. The highest BCUT2D eigenvalue weighted by Crippen LogP contribution is 2.40. The first-order valence-electron chi connectivity index (χ1n) is 12.5. The quantitative estimate of drug-likeness (QED) is 0.207. The van der Waals surface area contributed by atoms with Crippen LogP contribution in [0, 0.1) is 0 Å². The van der Waals surface area contributed by atoms with Gasteiger partial charge in [-0.15, -0.1) is 0 Å². The topological polar surface area (TPSA) is 94.2 Å². The van der Waals surface area contributed by atoms with E-state index in [1.165, 1.54) is 0 Å². The number of benzene rings is 3. The molecule has 1 heterocycles. The summed E-state index contributed by atoms with van der Waals surface area (Å²) in [6, 6.07) is 15.4. The summed E-state index contributed by atoms with van der Waals surface area (Å²) in [5, 5.41) is 3.16. The molecule has 12 heteroatoms. The van der Waals surface area contributed by atoms with Gasteiger partial charge in [-0.3, -0.25) is 19.3 Å². The molecule has 0 radical (unpaired) electrons. The highest BCUT2D eigenvalue weighted by Gasteiger charge is 2.36. The number of ether oxygens (including phenoxy) is 3. The molecule has 214 valence electrons. The van der Waals surface area contributed by atoms with E-state index in [9.17, 15) is 14.4 Å². The summed E-state index contributed by atoms with van der Waals surface area (Å²) >= 11 is 16.5. The Kier molecular flexibility index (Phi) is 10.6. The first-order valence-corrected chi connectivity index (χ1v) is 14.9. The van der Waals surface area contributed by atoms with Crippen LogP contribution < -0.4 is 19.5 Å². The van der Waals surface area contributed by atoms with E-state index >= 15 is 0 Å². The van der Waals surface area contributed by atoms with E-state index in [4.69, 9.17) is 37.4 Å². The molecule has 1 aliphatic heterocycles. The van der Waals surface area contributed by atoms with Gasteiger partial charge in [0.2, 0.25) is 5.91 Å². The summed E-state index contributed by atoms with van der Waals surface area (Å²) in [6.45, 7) is 4.37. The molecule has 0 bridgehead atoms. The zero-order valence-electron chi connectivity index (χ0n) is 22.0.